The summed E-state index contributed by atoms with van der Waals surface area (Å²) in [6.45, 7) is -0.402. The first kappa shape index (κ1) is 75.8. The lowest BCUT2D eigenvalue weighted by atomic mass is 10.0. The number of carbonyl (C=O) groups is 11. The third-order valence-corrected chi connectivity index (χ3v) is 20.1. The number of H-pyrrole nitrogens is 3. The van der Waals surface area contributed by atoms with E-state index in [9.17, 15) is 57.4 Å². The van der Waals surface area contributed by atoms with Gasteiger partial charge in [-0.15, -0.1) is 0 Å². The van der Waals surface area contributed by atoms with Gasteiger partial charge in [-0.25, -0.2) is 13.8 Å². The quantitative estimate of drug-likeness (QED) is 0.0518. The smallest absolute Gasteiger partial charge is 0.305 e. The standard InChI is InChI=1S/C72H81F2N15O13S2/c73-46-12-16-52-50(27-46)44(31-78-52)25-55-67(97)84-56(26-45-32-79-53-17-13-47(74)28-51(45)53)68(98)86-58(30-64(93)94)70(100)85-57(29-48-33-77-38-81-48)69(99)87-59(24-39-8-14-49(90)15-9-39)72(102)89-20-3-5-61(89)71(101)88-60(65(76)95)37-104-36-41-7-11-42-22-40(6-10-43(42)23-41)35-103-21-18-62(91)82-54(4-1-2-19-75)66(96)80-34-63(92)83-55/h6-17,22-23,27-28,31-33,38,54-61,78-79,90H,1-5,18-21,24-26,29-30,34-37,75H2,(H2,76,95)(H,77,81)(H,80,96)(H,82,91)(H,83,92)(H,84,97)(H,85,100)(H,86,98)(H,87,99)(H,88,101)(H,93,94)/t54-,55-,56-,57-,58-,59-,60-,61-/m0/s1. The first-order valence-corrected chi connectivity index (χ1v) is 36.2. The number of carboxylic acid groups (broad SMARTS) is 1. The van der Waals surface area contributed by atoms with Crippen LogP contribution in [0.4, 0.5) is 8.78 Å². The fourth-order valence-corrected chi connectivity index (χ4v) is 14.5. The van der Waals surface area contributed by atoms with Crippen LogP contribution in [0.1, 0.15) is 78.5 Å². The van der Waals surface area contributed by atoms with Gasteiger partial charge >= 0.3 is 5.97 Å². The predicted molar refractivity (Wildman–Crippen MR) is 385 cm³/mol. The molecule has 4 bridgehead atoms. The van der Waals surface area contributed by atoms with Crippen LogP contribution in [0.2, 0.25) is 0 Å². The van der Waals surface area contributed by atoms with Crippen LogP contribution in [-0.2, 0) is 89.9 Å². The van der Waals surface area contributed by atoms with Gasteiger partial charge < -0.3 is 84.1 Å². The van der Waals surface area contributed by atoms with Gasteiger partial charge in [-0.2, -0.15) is 23.5 Å². The molecule has 8 aromatic rings. The van der Waals surface area contributed by atoms with Crippen molar-refractivity contribution in [1.82, 2.24) is 67.4 Å². The average Bonchev–Trinajstić information content (AvgIpc) is 1.76. The number of benzene rings is 5. The SMILES string of the molecule is NCCCC[C@@H]1NC(=O)CCSCc2ccc3cc(ccc3c2)CSC[C@@H](C(N)=O)NC(=O)[C@@H]2CCCN2C(=O)[C@H](Cc2ccc(O)cc2)NC(=O)[C@H](Cc2c[nH]cn2)NC(=O)[C@H](CC(=O)O)NC(=O)[C@H](Cc2c[nH]c3ccc(F)cc23)NC(=O)[C@H](Cc2c[nH]c3ccc(F)cc23)NC(=O)CNC1=O. The Morgan fingerprint density at radius 2 is 1.17 bits per heavy atom. The van der Waals surface area contributed by atoms with Crippen molar-refractivity contribution in [3.05, 3.63) is 167 Å². The molecule has 3 aromatic heterocycles. The van der Waals surface area contributed by atoms with Crippen molar-refractivity contribution in [3.8, 4) is 5.75 Å². The van der Waals surface area contributed by atoms with E-state index in [1.54, 1.807) is 0 Å². The number of rotatable bonds is 15. The highest BCUT2D eigenvalue weighted by molar-refractivity contribution is 7.98. The zero-order valence-corrected chi connectivity index (χ0v) is 58.0. The number of amides is 10. The number of halogens is 2. The monoisotopic (exact) mass is 1470 g/mol. The molecule has 548 valence electrons. The van der Waals surface area contributed by atoms with Crippen molar-refractivity contribution in [2.24, 2.45) is 11.5 Å². The van der Waals surface area contributed by atoms with Gasteiger partial charge in [0, 0.05) is 102 Å². The Bertz CT molecular complexity index is 4460. The van der Waals surface area contributed by atoms with E-state index in [-0.39, 0.29) is 66.8 Å². The number of carboxylic acids is 1. The maximum Gasteiger partial charge on any atom is 0.305 e. The molecule has 11 rings (SSSR count). The number of phenolic OH excluding ortho intramolecular Hbond substituents is 1. The Balaban J connectivity index is 0.972. The molecular weight excluding hydrogens is 1390 g/mol. The number of phenols is 1. The number of imidazole rings is 1. The lowest BCUT2D eigenvalue weighted by Crippen LogP contribution is -2.61. The number of nitrogens with one attached hydrogen (secondary N) is 11. The molecule has 10 amide bonds. The number of fused-ring (bicyclic) bond motifs is 34. The summed E-state index contributed by atoms with van der Waals surface area (Å²) in [6.07, 6.45) is 4.60. The van der Waals surface area contributed by atoms with Crippen molar-refractivity contribution in [1.29, 1.82) is 0 Å². The largest absolute Gasteiger partial charge is 0.508 e. The van der Waals surface area contributed by atoms with Gasteiger partial charge in [0.2, 0.25) is 59.1 Å². The molecule has 1 fully saturated rings. The zero-order valence-electron chi connectivity index (χ0n) is 56.4. The molecule has 3 aliphatic heterocycles. The number of hydrogen-bond acceptors (Lipinski definition) is 16. The summed E-state index contributed by atoms with van der Waals surface area (Å²) in [7, 11) is 0. The number of aromatic hydroxyl groups is 1. The number of aliphatic carboxylic acids is 1. The minimum absolute atomic E-state index is 0.0345. The number of unbranched alkanes of at least 4 members (excludes halogenated alkanes) is 1. The maximum atomic E-state index is 15.1. The Morgan fingerprint density at radius 3 is 1.77 bits per heavy atom. The number of aromatic nitrogens is 4. The van der Waals surface area contributed by atoms with Crippen molar-refractivity contribution < 1.29 is 71.7 Å². The number of nitrogens with zero attached hydrogens (tertiary/aromatic N) is 2. The van der Waals surface area contributed by atoms with Crippen LogP contribution in [0.5, 0.6) is 5.75 Å². The van der Waals surface area contributed by atoms with E-state index in [0.717, 1.165) is 28.0 Å². The van der Waals surface area contributed by atoms with Gasteiger partial charge in [-0.1, -0.05) is 48.5 Å². The second-order valence-corrected chi connectivity index (χ2v) is 27.8. The van der Waals surface area contributed by atoms with Crippen LogP contribution in [0, 0.1) is 11.6 Å². The van der Waals surface area contributed by atoms with E-state index in [1.165, 1.54) is 108 Å². The Kier molecular flexibility index (Phi) is 26.1. The summed E-state index contributed by atoms with van der Waals surface area (Å²) in [4.78, 5) is 171. The lowest BCUT2D eigenvalue weighted by molar-refractivity contribution is -0.143. The predicted octanol–water partition coefficient (Wildman–Crippen LogP) is 2.94. The molecule has 6 heterocycles. The number of nitrogens with two attached hydrogens (primary N) is 2. The van der Waals surface area contributed by atoms with Gasteiger partial charge in [0.15, 0.2) is 0 Å². The molecule has 32 heteroatoms. The number of hydrogen-bond donors (Lipinski definition) is 15. The lowest BCUT2D eigenvalue weighted by Gasteiger charge is -2.31. The van der Waals surface area contributed by atoms with Crippen LogP contribution < -0.4 is 54.0 Å². The maximum absolute atomic E-state index is 15.1. The van der Waals surface area contributed by atoms with E-state index in [4.69, 9.17) is 11.5 Å². The second-order valence-electron chi connectivity index (χ2n) is 25.6. The summed E-state index contributed by atoms with van der Waals surface area (Å²) >= 11 is 2.85. The molecule has 0 unspecified atom stereocenters. The zero-order chi connectivity index (χ0) is 74.0. The van der Waals surface area contributed by atoms with Gasteiger partial charge in [-0.05, 0) is 126 Å². The van der Waals surface area contributed by atoms with Crippen LogP contribution in [0.25, 0.3) is 32.6 Å². The minimum Gasteiger partial charge on any atom is -0.508 e. The molecule has 5 aromatic carbocycles. The van der Waals surface area contributed by atoms with Gasteiger partial charge in [-0.3, -0.25) is 52.7 Å². The van der Waals surface area contributed by atoms with Crippen molar-refractivity contribution in [2.45, 2.75) is 130 Å². The first-order chi connectivity index (χ1) is 50.0. The number of primary amides is 1. The van der Waals surface area contributed by atoms with Crippen LogP contribution >= 0.6 is 23.5 Å². The molecule has 28 nitrogen and oxygen atoms in total. The summed E-state index contributed by atoms with van der Waals surface area (Å²) in [6, 6.07) is 13.1. The van der Waals surface area contributed by atoms with Gasteiger partial charge in [0.1, 0.15) is 65.7 Å². The van der Waals surface area contributed by atoms with Crippen molar-refractivity contribution in [2.75, 3.05) is 31.1 Å². The molecule has 17 N–H and O–H groups in total. The Labute approximate surface area is 603 Å². The van der Waals surface area contributed by atoms with E-state index in [1.807, 2.05) is 36.4 Å². The Morgan fingerprint density at radius 1 is 0.596 bits per heavy atom. The molecule has 8 atom stereocenters. The molecule has 0 aliphatic carbocycles. The van der Waals surface area contributed by atoms with Gasteiger partial charge in [0.05, 0.1) is 25.0 Å². The number of thioether (sulfide) groups is 2. The third-order valence-electron chi connectivity index (χ3n) is 18.0. The fourth-order valence-electron chi connectivity index (χ4n) is 12.6. The van der Waals surface area contributed by atoms with E-state index in [2.05, 4.69) is 62.5 Å². The number of carbonyl (C=O) groups excluding carboxylic acids is 10. The van der Waals surface area contributed by atoms with Crippen LogP contribution in [0.3, 0.4) is 0 Å². The minimum atomic E-state index is -2.05. The topological polar surface area (TPSA) is 440 Å². The molecule has 3 aliphatic rings. The van der Waals surface area contributed by atoms with Crippen LogP contribution in [0.15, 0.2) is 122 Å². The van der Waals surface area contributed by atoms with E-state index >= 15 is 14.4 Å². The van der Waals surface area contributed by atoms with Crippen LogP contribution in [-0.4, -0.2) is 180 Å². The molecule has 104 heavy (non-hydrogen) atoms. The number of aromatic amines is 3. The van der Waals surface area contributed by atoms with E-state index in [0.29, 0.717) is 70.6 Å². The fraction of sp³-hybridized carbons (Fsp3) is 0.361. The Hall–Kier alpha value is -10.9. The second kappa shape index (κ2) is 35.8. The summed E-state index contributed by atoms with van der Waals surface area (Å²) in [5.74, 6) is -10.5. The summed E-state index contributed by atoms with van der Waals surface area (Å²) in [5, 5.41) is 44.0. The molecule has 0 radical (unpaired) electrons. The highest BCUT2D eigenvalue weighted by atomic mass is 32.2. The molecule has 1 saturated heterocycles. The summed E-state index contributed by atoms with van der Waals surface area (Å²) < 4.78 is 29.9. The average molecular weight is 1470 g/mol. The normalized spacial score (nSPS) is 21.7. The highest BCUT2D eigenvalue weighted by Gasteiger charge is 2.41. The van der Waals surface area contributed by atoms with Crippen molar-refractivity contribution >= 4 is 121 Å². The molecule has 0 saturated carbocycles. The molecular formula is C72H81F2N15O13S2. The van der Waals surface area contributed by atoms with Gasteiger partial charge in [0.25, 0.3) is 0 Å². The first-order valence-electron chi connectivity index (χ1n) is 33.9. The summed E-state index contributed by atoms with van der Waals surface area (Å²) in [5.41, 5.74) is 15.6. The van der Waals surface area contributed by atoms with Crippen molar-refractivity contribution in [3.63, 3.8) is 0 Å². The third kappa shape index (κ3) is 20.7. The highest BCUT2D eigenvalue weighted by Crippen LogP contribution is 2.27. The molecule has 0 spiro atoms. The van der Waals surface area contributed by atoms with E-state index < -0.39 is 151 Å².